The van der Waals surface area contributed by atoms with Gasteiger partial charge in [0.1, 0.15) is 5.69 Å². The van der Waals surface area contributed by atoms with Gasteiger partial charge in [-0.3, -0.25) is 4.79 Å². The molecule has 5 nitrogen and oxygen atoms in total. The maximum absolute atomic E-state index is 11.8. The van der Waals surface area contributed by atoms with Gasteiger partial charge in [-0.1, -0.05) is 13.0 Å². The number of aromatic nitrogens is 2. The first-order chi connectivity index (χ1) is 10.2. The summed E-state index contributed by atoms with van der Waals surface area (Å²) in [6, 6.07) is 5.42. The van der Waals surface area contributed by atoms with E-state index in [1.165, 1.54) is 7.11 Å². The Labute approximate surface area is 122 Å². The van der Waals surface area contributed by atoms with E-state index in [0.29, 0.717) is 29.7 Å². The number of methoxy groups -OCH3 is 1. The molecule has 106 valence electrons. The van der Waals surface area contributed by atoms with Gasteiger partial charge >= 0.3 is 5.97 Å². The minimum Gasteiger partial charge on any atom is -0.465 e. The van der Waals surface area contributed by atoms with E-state index >= 15 is 0 Å². The molecule has 0 amide bonds. The number of carbonyl (C=O) groups is 2. The second kappa shape index (κ2) is 6.53. The van der Waals surface area contributed by atoms with Gasteiger partial charge in [-0.25, -0.2) is 9.78 Å². The summed E-state index contributed by atoms with van der Waals surface area (Å²) in [5.74, 6) is 5.27. The molecular formula is C16H14N2O3. The van der Waals surface area contributed by atoms with E-state index in [-0.39, 0.29) is 11.3 Å². The van der Waals surface area contributed by atoms with E-state index < -0.39 is 5.97 Å². The molecule has 0 atom stereocenters. The highest BCUT2D eigenvalue weighted by Crippen LogP contribution is 2.19. The first-order valence-corrected chi connectivity index (χ1v) is 6.42. The van der Waals surface area contributed by atoms with Crippen molar-refractivity contribution in [2.24, 2.45) is 0 Å². The van der Waals surface area contributed by atoms with Crippen molar-refractivity contribution in [3.8, 4) is 11.8 Å². The van der Waals surface area contributed by atoms with E-state index in [1.54, 1.807) is 18.3 Å². The molecule has 0 fully saturated rings. The quantitative estimate of drug-likeness (QED) is 0.531. The Morgan fingerprint density at radius 2 is 2.24 bits per heavy atom. The van der Waals surface area contributed by atoms with E-state index in [0.717, 1.165) is 0 Å². The van der Waals surface area contributed by atoms with Gasteiger partial charge in [0.2, 0.25) is 0 Å². The van der Waals surface area contributed by atoms with Gasteiger partial charge in [0, 0.05) is 11.8 Å². The number of hydrogen-bond acceptors (Lipinski definition) is 4. The standard InChI is InChI=1S/C16H14N2O3/c1-3-12-13(8-7-11-6-4-5-9-17-11)18-14(10-19)15(12)16(20)21-2/h4-6,9-10,18H,3H2,1-2H3. The van der Waals surface area contributed by atoms with E-state index in [4.69, 9.17) is 4.74 Å². The summed E-state index contributed by atoms with van der Waals surface area (Å²) < 4.78 is 4.72. The molecule has 0 unspecified atom stereocenters. The van der Waals surface area contributed by atoms with Crippen LogP contribution in [0.5, 0.6) is 0 Å². The van der Waals surface area contributed by atoms with Crippen LogP contribution in [-0.4, -0.2) is 29.3 Å². The van der Waals surface area contributed by atoms with Crippen molar-refractivity contribution in [1.82, 2.24) is 9.97 Å². The number of ether oxygens (including phenoxy) is 1. The lowest BCUT2D eigenvalue weighted by molar-refractivity contribution is 0.0597. The monoisotopic (exact) mass is 282 g/mol. The van der Waals surface area contributed by atoms with Crippen LogP contribution in [0.25, 0.3) is 0 Å². The smallest absolute Gasteiger partial charge is 0.340 e. The average Bonchev–Trinajstić information content (AvgIpc) is 2.90. The Morgan fingerprint density at radius 3 is 2.81 bits per heavy atom. The molecule has 0 aliphatic rings. The number of pyridine rings is 1. The van der Waals surface area contributed by atoms with Gasteiger partial charge < -0.3 is 9.72 Å². The van der Waals surface area contributed by atoms with Gasteiger partial charge in [0.25, 0.3) is 0 Å². The summed E-state index contributed by atoms with van der Waals surface area (Å²) in [6.45, 7) is 1.89. The molecule has 0 saturated heterocycles. The zero-order valence-corrected chi connectivity index (χ0v) is 11.8. The molecule has 0 aromatic carbocycles. The molecule has 0 bridgehead atoms. The maximum Gasteiger partial charge on any atom is 0.340 e. The fourth-order valence-electron chi connectivity index (χ4n) is 2.01. The molecule has 2 rings (SSSR count). The number of aldehydes is 1. The van der Waals surface area contributed by atoms with Crippen LogP contribution in [0.3, 0.4) is 0 Å². The van der Waals surface area contributed by atoms with Crippen LogP contribution in [0.2, 0.25) is 0 Å². The number of carbonyl (C=O) groups excluding carboxylic acids is 2. The summed E-state index contributed by atoms with van der Waals surface area (Å²) >= 11 is 0. The van der Waals surface area contributed by atoms with Crippen molar-refractivity contribution >= 4 is 12.3 Å². The first kappa shape index (κ1) is 14.5. The molecule has 0 aliphatic carbocycles. The number of H-pyrrole nitrogens is 1. The van der Waals surface area contributed by atoms with Gasteiger partial charge in [0.15, 0.2) is 6.29 Å². The maximum atomic E-state index is 11.8. The lowest BCUT2D eigenvalue weighted by Crippen LogP contribution is -2.06. The Balaban J connectivity index is 2.50. The molecule has 0 saturated carbocycles. The molecule has 21 heavy (non-hydrogen) atoms. The third kappa shape index (κ3) is 3.00. The van der Waals surface area contributed by atoms with Crippen molar-refractivity contribution in [3.63, 3.8) is 0 Å². The fraction of sp³-hybridized carbons (Fsp3) is 0.188. The van der Waals surface area contributed by atoms with E-state index in [1.807, 2.05) is 13.0 Å². The minimum atomic E-state index is -0.545. The van der Waals surface area contributed by atoms with Gasteiger partial charge in [-0.2, -0.15) is 0 Å². The molecule has 1 N–H and O–H groups in total. The largest absolute Gasteiger partial charge is 0.465 e. The summed E-state index contributed by atoms with van der Waals surface area (Å²) in [5.41, 5.74) is 2.25. The number of hydrogen-bond donors (Lipinski definition) is 1. The molecule has 2 heterocycles. The van der Waals surface area contributed by atoms with Crippen LogP contribution in [-0.2, 0) is 11.2 Å². The minimum absolute atomic E-state index is 0.184. The molecular weight excluding hydrogens is 268 g/mol. The predicted molar refractivity (Wildman–Crippen MR) is 77.1 cm³/mol. The highest BCUT2D eigenvalue weighted by molar-refractivity contribution is 5.99. The number of nitrogens with zero attached hydrogens (tertiary/aromatic N) is 1. The Hall–Kier alpha value is -2.87. The molecule has 0 spiro atoms. The lowest BCUT2D eigenvalue weighted by atomic mass is 10.1. The predicted octanol–water partition coefficient (Wildman–Crippen LogP) is 1.97. The van der Waals surface area contributed by atoms with Crippen LogP contribution in [0.15, 0.2) is 24.4 Å². The van der Waals surface area contributed by atoms with Crippen molar-refractivity contribution in [1.29, 1.82) is 0 Å². The van der Waals surface area contributed by atoms with Gasteiger partial charge in [0.05, 0.1) is 24.1 Å². The van der Waals surface area contributed by atoms with E-state index in [9.17, 15) is 9.59 Å². The summed E-state index contributed by atoms with van der Waals surface area (Å²) in [6.07, 6.45) is 2.80. The summed E-state index contributed by atoms with van der Waals surface area (Å²) in [7, 11) is 1.28. The third-order valence-corrected chi connectivity index (χ3v) is 2.97. The Morgan fingerprint density at radius 1 is 1.43 bits per heavy atom. The zero-order valence-electron chi connectivity index (χ0n) is 11.8. The van der Waals surface area contributed by atoms with Crippen LogP contribution < -0.4 is 0 Å². The van der Waals surface area contributed by atoms with Crippen LogP contribution in [0, 0.1) is 11.8 Å². The second-order valence-corrected chi connectivity index (χ2v) is 4.20. The molecule has 0 radical (unpaired) electrons. The van der Waals surface area contributed by atoms with E-state index in [2.05, 4.69) is 21.8 Å². The number of esters is 1. The second-order valence-electron chi connectivity index (χ2n) is 4.20. The summed E-state index contributed by atoms with van der Waals surface area (Å²) in [5, 5.41) is 0. The average molecular weight is 282 g/mol. The SMILES string of the molecule is CCc1c(C#Cc2ccccn2)[nH]c(C=O)c1C(=O)OC. The highest BCUT2D eigenvalue weighted by Gasteiger charge is 2.21. The van der Waals surface area contributed by atoms with Crippen LogP contribution in [0.1, 0.15) is 44.7 Å². The fourth-order valence-corrected chi connectivity index (χ4v) is 2.01. The lowest BCUT2D eigenvalue weighted by Gasteiger charge is -2.00. The molecule has 0 aliphatic heterocycles. The van der Waals surface area contributed by atoms with Crippen molar-refractivity contribution in [2.75, 3.05) is 7.11 Å². The Bertz CT molecular complexity index is 721. The van der Waals surface area contributed by atoms with Crippen molar-refractivity contribution in [3.05, 3.63) is 52.6 Å². The zero-order chi connectivity index (χ0) is 15.2. The molecule has 2 aromatic heterocycles. The van der Waals surface area contributed by atoms with Crippen LogP contribution in [0.4, 0.5) is 0 Å². The normalized spacial score (nSPS) is 9.62. The van der Waals surface area contributed by atoms with Crippen molar-refractivity contribution in [2.45, 2.75) is 13.3 Å². The first-order valence-electron chi connectivity index (χ1n) is 6.42. The molecule has 2 aromatic rings. The number of aromatic amines is 1. The number of rotatable bonds is 3. The van der Waals surface area contributed by atoms with Gasteiger partial charge in [-0.15, -0.1) is 0 Å². The number of nitrogens with one attached hydrogen (secondary N) is 1. The Kier molecular flexibility index (Phi) is 4.52. The molecule has 5 heteroatoms. The third-order valence-electron chi connectivity index (χ3n) is 2.97. The van der Waals surface area contributed by atoms with Gasteiger partial charge in [-0.05, 0) is 30.4 Å². The van der Waals surface area contributed by atoms with Crippen molar-refractivity contribution < 1.29 is 14.3 Å². The van der Waals surface area contributed by atoms with Crippen LogP contribution >= 0.6 is 0 Å². The summed E-state index contributed by atoms with van der Waals surface area (Å²) in [4.78, 5) is 29.9. The highest BCUT2D eigenvalue weighted by atomic mass is 16.5. The topological polar surface area (TPSA) is 72.0 Å².